The maximum Gasteiger partial charge on any atom is 0.0751 e. The van der Waals surface area contributed by atoms with E-state index in [0.29, 0.717) is 4.58 Å². The molecule has 1 aliphatic rings. The van der Waals surface area contributed by atoms with Crippen LogP contribution in [0.4, 0.5) is 0 Å². The molecular weight excluding hydrogens is 304 g/mol. The van der Waals surface area contributed by atoms with Crippen LogP contribution in [-0.2, 0) is 6.42 Å². The Morgan fingerprint density at radius 3 is 2.18 bits per heavy atom. The largest absolute Gasteiger partial charge is 0.142 e. The predicted molar refractivity (Wildman–Crippen MR) is 105 cm³/mol. The molecule has 1 heterocycles. The van der Waals surface area contributed by atoms with E-state index in [4.69, 9.17) is 0 Å². The summed E-state index contributed by atoms with van der Waals surface area (Å²) in [5, 5.41) is 0. The van der Waals surface area contributed by atoms with Crippen LogP contribution in [0.3, 0.4) is 0 Å². The molecule has 1 fully saturated rings. The van der Waals surface area contributed by atoms with Gasteiger partial charge in [-0.05, 0) is 41.4 Å². The summed E-state index contributed by atoms with van der Waals surface area (Å²) >= 11 is 4.35. The van der Waals surface area contributed by atoms with E-state index in [1.165, 1.54) is 74.0 Å². The summed E-state index contributed by atoms with van der Waals surface area (Å²) in [5.74, 6) is 3.68. The summed E-state index contributed by atoms with van der Waals surface area (Å²) < 4.78 is 0.673. The van der Waals surface area contributed by atoms with Gasteiger partial charge in [0.15, 0.2) is 0 Å². The fraction of sp³-hybridized carbons (Fsp3) is 0.700. The van der Waals surface area contributed by atoms with Crippen LogP contribution in [0.25, 0.3) is 0 Å². The molecule has 0 saturated carbocycles. The van der Waals surface area contributed by atoms with Crippen LogP contribution in [-0.4, -0.2) is 11.5 Å². The first-order valence-corrected chi connectivity index (χ1v) is 11.2. The minimum absolute atomic E-state index is 0.673. The predicted octanol–water partition coefficient (Wildman–Crippen LogP) is 7.09. The first-order chi connectivity index (χ1) is 10.8. The van der Waals surface area contributed by atoms with Crippen LogP contribution in [0, 0.1) is 5.92 Å². The lowest BCUT2D eigenvalue weighted by Gasteiger charge is -2.28. The number of benzene rings is 1. The Morgan fingerprint density at radius 2 is 1.55 bits per heavy atom. The molecule has 0 atom stereocenters. The van der Waals surface area contributed by atoms with Gasteiger partial charge in [0.1, 0.15) is 0 Å². The van der Waals surface area contributed by atoms with E-state index in [0.717, 1.165) is 5.92 Å². The van der Waals surface area contributed by atoms with Gasteiger partial charge < -0.3 is 0 Å². The highest BCUT2D eigenvalue weighted by atomic mass is 32.2. The molecule has 0 nitrogen and oxygen atoms in total. The quantitative estimate of drug-likeness (QED) is 0.441. The maximum absolute atomic E-state index is 2.36. The Morgan fingerprint density at radius 1 is 0.864 bits per heavy atom. The SMILES string of the molecule is CCCCCCCC1CSC(c2ccc(CCC)cc2)SC1. The molecule has 1 aliphatic heterocycles. The summed E-state index contributed by atoms with van der Waals surface area (Å²) in [6.07, 6.45) is 11.0. The number of hydrogen-bond acceptors (Lipinski definition) is 2. The molecule has 1 aromatic rings. The van der Waals surface area contributed by atoms with Gasteiger partial charge in [0.2, 0.25) is 0 Å². The monoisotopic (exact) mass is 336 g/mol. The Labute approximate surface area is 146 Å². The van der Waals surface area contributed by atoms with E-state index < -0.39 is 0 Å². The van der Waals surface area contributed by atoms with Crippen molar-refractivity contribution in [3.05, 3.63) is 35.4 Å². The summed E-state index contributed by atoms with van der Waals surface area (Å²) in [7, 11) is 0. The lowest BCUT2D eigenvalue weighted by atomic mass is 10.0. The zero-order valence-corrected chi connectivity index (χ0v) is 16.0. The van der Waals surface area contributed by atoms with Crippen molar-refractivity contribution in [2.45, 2.75) is 69.8 Å². The zero-order valence-electron chi connectivity index (χ0n) is 14.4. The Balaban J connectivity index is 1.68. The van der Waals surface area contributed by atoms with Crippen LogP contribution in [0.15, 0.2) is 24.3 Å². The van der Waals surface area contributed by atoms with Crippen LogP contribution >= 0.6 is 23.5 Å². The van der Waals surface area contributed by atoms with Crippen LogP contribution in [0.1, 0.15) is 74.5 Å². The van der Waals surface area contributed by atoms with Crippen molar-refractivity contribution in [2.24, 2.45) is 5.92 Å². The molecule has 0 N–H and O–H groups in total. The Bertz CT molecular complexity index is 391. The smallest absolute Gasteiger partial charge is 0.0751 e. The Kier molecular flexibility index (Phi) is 8.84. The van der Waals surface area contributed by atoms with E-state index in [2.05, 4.69) is 61.6 Å². The highest BCUT2D eigenvalue weighted by molar-refractivity contribution is 8.16. The summed E-state index contributed by atoms with van der Waals surface area (Å²) in [6, 6.07) is 9.39. The molecule has 0 spiro atoms. The molecule has 2 heteroatoms. The first-order valence-electron chi connectivity index (χ1n) is 9.15. The Hall–Kier alpha value is -0.0800. The number of hydrogen-bond donors (Lipinski definition) is 0. The molecule has 0 unspecified atom stereocenters. The number of aryl methyl sites for hydroxylation is 1. The van der Waals surface area contributed by atoms with Gasteiger partial charge in [-0.3, -0.25) is 0 Å². The number of unbranched alkanes of at least 4 members (excludes halogenated alkanes) is 4. The lowest BCUT2D eigenvalue weighted by Crippen LogP contribution is -2.14. The third kappa shape index (κ3) is 6.20. The second-order valence-corrected chi connectivity index (χ2v) is 9.13. The average Bonchev–Trinajstić information content (AvgIpc) is 2.56. The van der Waals surface area contributed by atoms with E-state index in [-0.39, 0.29) is 0 Å². The summed E-state index contributed by atoms with van der Waals surface area (Å²) in [5.41, 5.74) is 3.01. The fourth-order valence-corrected chi connectivity index (χ4v) is 6.24. The topological polar surface area (TPSA) is 0 Å². The number of rotatable bonds is 9. The highest BCUT2D eigenvalue weighted by Crippen LogP contribution is 2.46. The van der Waals surface area contributed by atoms with Gasteiger partial charge >= 0.3 is 0 Å². The van der Waals surface area contributed by atoms with Crippen molar-refractivity contribution in [3.63, 3.8) is 0 Å². The van der Waals surface area contributed by atoms with E-state index in [1.807, 2.05) is 0 Å². The van der Waals surface area contributed by atoms with Gasteiger partial charge in [-0.1, -0.05) is 76.6 Å². The molecule has 0 radical (unpaired) electrons. The standard InChI is InChI=1S/C20H32S2/c1-3-5-6-7-8-10-18-15-21-20(22-16-18)19-13-11-17(9-4-2)12-14-19/h11-14,18,20H,3-10,15-16H2,1-2H3. The molecule has 124 valence electrons. The van der Waals surface area contributed by atoms with Gasteiger partial charge in [-0.15, -0.1) is 23.5 Å². The van der Waals surface area contributed by atoms with Crippen LogP contribution in [0.5, 0.6) is 0 Å². The van der Waals surface area contributed by atoms with Crippen molar-refractivity contribution in [3.8, 4) is 0 Å². The maximum atomic E-state index is 2.36. The van der Waals surface area contributed by atoms with E-state index >= 15 is 0 Å². The normalized spacial score (nSPS) is 21.9. The third-order valence-electron chi connectivity index (χ3n) is 4.47. The second-order valence-electron chi connectivity index (χ2n) is 6.56. The van der Waals surface area contributed by atoms with Crippen LogP contribution in [0.2, 0.25) is 0 Å². The molecule has 1 saturated heterocycles. The third-order valence-corrected chi connectivity index (χ3v) is 7.77. The molecular formula is C20H32S2. The molecule has 0 bridgehead atoms. The molecule has 0 amide bonds. The van der Waals surface area contributed by atoms with Crippen molar-refractivity contribution in [1.82, 2.24) is 0 Å². The zero-order chi connectivity index (χ0) is 15.6. The number of thioether (sulfide) groups is 2. The second kappa shape index (κ2) is 10.6. The molecule has 0 aliphatic carbocycles. The highest BCUT2D eigenvalue weighted by Gasteiger charge is 2.22. The average molecular weight is 337 g/mol. The fourth-order valence-electron chi connectivity index (χ4n) is 3.07. The van der Waals surface area contributed by atoms with Gasteiger partial charge in [0.05, 0.1) is 4.58 Å². The van der Waals surface area contributed by atoms with E-state index in [1.54, 1.807) is 0 Å². The van der Waals surface area contributed by atoms with E-state index in [9.17, 15) is 0 Å². The van der Waals surface area contributed by atoms with Crippen LogP contribution < -0.4 is 0 Å². The lowest BCUT2D eigenvalue weighted by molar-refractivity contribution is 0.528. The minimum atomic E-state index is 0.673. The van der Waals surface area contributed by atoms with Crippen molar-refractivity contribution in [2.75, 3.05) is 11.5 Å². The molecule has 0 aromatic heterocycles. The molecule has 22 heavy (non-hydrogen) atoms. The van der Waals surface area contributed by atoms with Crippen molar-refractivity contribution >= 4 is 23.5 Å². The minimum Gasteiger partial charge on any atom is -0.142 e. The van der Waals surface area contributed by atoms with Crippen molar-refractivity contribution < 1.29 is 0 Å². The summed E-state index contributed by atoms with van der Waals surface area (Å²) in [6.45, 7) is 4.55. The van der Waals surface area contributed by atoms with Gasteiger partial charge in [0.25, 0.3) is 0 Å². The van der Waals surface area contributed by atoms with Gasteiger partial charge in [0, 0.05) is 0 Å². The van der Waals surface area contributed by atoms with Crippen molar-refractivity contribution in [1.29, 1.82) is 0 Å². The van der Waals surface area contributed by atoms with Gasteiger partial charge in [-0.25, -0.2) is 0 Å². The first kappa shape index (κ1) is 18.3. The summed E-state index contributed by atoms with van der Waals surface area (Å²) in [4.78, 5) is 0. The molecule has 1 aromatic carbocycles. The van der Waals surface area contributed by atoms with Gasteiger partial charge in [-0.2, -0.15) is 0 Å². The molecule has 2 rings (SSSR count).